The third kappa shape index (κ3) is 3.47. The van der Waals surface area contributed by atoms with Crippen molar-refractivity contribution >= 4 is 29.0 Å². The topological polar surface area (TPSA) is 30.7 Å². The van der Waals surface area contributed by atoms with Crippen LogP contribution in [0.2, 0.25) is 5.28 Å². The number of aryl methyl sites for hydroxylation is 1. The average molecular weight is 376 g/mol. The Hall–Kier alpha value is -1.39. The van der Waals surface area contributed by atoms with Crippen LogP contribution in [0, 0.1) is 0 Å². The van der Waals surface area contributed by atoms with Gasteiger partial charge in [0.15, 0.2) is 0 Å². The van der Waals surface area contributed by atoms with Crippen LogP contribution in [-0.2, 0) is 6.42 Å². The van der Waals surface area contributed by atoms with Gasteiger partial charge in [0, 0.05) is 10.9 Å². The molecule has 0 amide bonds. The zero-order valence-corrected chi connectivity index (χ0v) is 17.0. The molecule has 5 heteroatoms. The van der Waals surface area contributed by atoms with Crippen molar-refractivity contribution in [1.82, 2.24) is 14.5 Å². The fourth-order valence-electron chi connectivity index (χ4n) is 3.39. The van der Waals surface area contributed by atoms with E-state index in [0.717, 1.165) is 30.7 Å². The van der Waals surface area contributed by atoms with Crippen LogP contribution in [0.1, 0.15) is 85.4 Å². The zero-order valence-electron chi connectivity index (χ0n) is 15.4. The van der Waals surface area contributed by atoms with Gasteiger partial charge in [0.1, 0.15) is 5.01 Å². The molecule has 134 valence electrons. The molecule has 1 unspecified atom stereocenters. The van der Waals surface area contributed by atoms with Gasteiger partial charge in [-0.05, 0) is 56.7 Å². The molecule has 0 radical (unpaired) electrons. The summed E-state index contributed by atoms with van der Waals surface area (Å²) in [7, 11) is 0. The largest absolute Gasteiger partial charge is 0.312 e. The Morgan fingerprint density at radius 2 is 2.12 bits per heavy atom. The summed E-state index contributed by atoms with van der Waals surface area (Å²) in [5.74, 6) is 0.637. The Morgan fingerprint density at radius 3 is 2.76 bits per heavy atom. The van der Waals surface area contributed by atoms with Crippen molar-refractivity contribution in [3.63, 3.8) is 0 Å². The van der Waals surface area contributed by atoms with E-state index in [9.17, 15) is 0 Å². The number of hydrogen-bond acceptors (Lipinski definition) is 3. The van der Waals surface area contributed by atoms with Crippen molar-refractivity contribution in [3.8, 4) is 0 Å². The molecule has 2 heterocycles. The van der Waals surface area contributed by atoms with Gasteiger partial charge in [0.25, 0.3) is 0 Å². The third-order valence-electron chi connectivity index (χ3n) is 4.59. The van der Waals surface area contributed by atoms with Gasteiger partial charge < -0.3 is 4.57 Å². The van der Waals surface area contributed by atoms with Gasteiger partial charge in [-0.1, -0.05) is 26.0 Å². The van der Waals surface area contributed by atoms with Crippen LogP contribution in [0.3, 0.4) is 0 Å². The second kappa shape index (κ2) is 7.46. The number of thiazole rings is 1. The van der Waals surface area contributed by atoms with Gasteiger partial charge in [-0.3, -0.25) is 0 Å². The van der Waals surface area contributed by atoms with Crippen LogP contribution < -0.4 is 0 Å². The first kappa shape index (κ1) is 18.4. The van der Waals surface area contributed by atoms with Crippen LogP contribution in [0.4, 0.5) is 0 Å². The van der Waals surface area contributed by atoms with Gasteiger partial charge in [0.2, 0.25) is 5.28 Å². The number of nitrogens with zero attached hydrogens (tertiary/aromatic N) is 3. The second-order valence-electron chi connectivity index (χ2n) is 7.15. The van der Waals surface area contributed by atoms with Crippen LogP contribution in [-0.4, -0.2) is 14.5 Å². The van der Waals surface area contributed by atoms with E-state index >= 15 is 0 Å². The standard InChI is InChI=1S/C20H26ClN3S/c1-6-7-11-16-17(12(2)3)22-19(25-16)14-9-8-10-15-18(14)23-20(21)24(15)13(4)5/h6,8,10,12-14H,1,7,9,11H2,2-5H3. The first-order valence-electron chi connectivity index (χ1n) is 8.98. The molecule has 2 aromatic heterocycles. The second-order valence-corrected chi connectivity index (χ2v) is 8.60. The molecular weight excluding hydrogens is 350 g/mol. The minimum absolute atomic E-state index is 0.206. The normalized spacial score (nSPS) is 16.7. The maximum Gasteiger partial charge on any atom is 0.203 e. The van der Waals surface area contributed by atoms with Crippen molar-refractivity contribution in [2.45, 2.75) is 64.8 Å². The van der Waals surface area contributed by atoms with E-state index in [1.807, 2.05) is 17.4 Å². The van der Waals surface area contributed by atoms with Crippen molar-refractivity contribution in [3.05, 3.63) is 51.0 Å². The molecule has 2 aromatic rings. The molecule has 0 aromatic carbocycles. The van der Waals surface area contributed by atoms with E-state index in [1.165, 1.54) is 15.6 Å². The highest BCUT2D eigenvalue weighted by Gasteiger charge is 2.29. The Kier molecular flexibility index (Phi) is 5.49. The van der Waals surface area contributed by atoms with Crippen LogP contribution in [0.25, 0.3) is 6.08 Å². The minimum atomic E-state index is 0.206. The Labute approximate surface area is 159 Å². The number of fused-ring (bicyclic) bond motifs is 1. The number of hydrogen-bond donors (Lipinski definition) is 0. The fourth-order valence-corrected chi connectivity index (χ4v) is 5.12. The molecule has 3 nitrogen and oxygen atoms in total. The number of halogens is 1. The first-order chi connectivity index (χ1) is 11.9. The molecule has 25 heavy (non-hydrogen) atoms. The Morgan fingerprint density at radius 1 is 1.36 bits per heavy atom. The third-order valence-corrected chi connectivity index (χ3v) is 6.10. The van der Waals surface area contributed by atoms with Gasteiger partial charge >= 0.3 is 0 Å². The molecule has 0 saturated carbocycles. The van der Waals surface area contributed by atoms with Crippen molar-refractivity contribution < 1.29 is 0 Å². The summed E-state index contributed by atoms with van der Waals surface area (Å²) in [6, 6.07) is 0.290. The van der Waals surface area contributed by atoms with E-state index in [-0.39, 0.29) is 12.0 Å². The molecular formula is C20H26ClN3S. The van der Waals surface area contributed by atoms with Crippen molar-refractivity contribution in [1.29, 1.82) is 0 Å². The van der Waals surface area contributed by atoms with Crippen molar-refractivity contribution in [2.75, 3.05) is 0 Å². The molecule has 3 rings (SSSR count). The summed E-state index contributed by atoms with van der Waals surface area (Å²) in [6.07, 6.45) is 9.31. The lowest BCUT2D eigenvalue weighted by atomic mass is 9.95. The Bertz CT molecular complexity index is 798. The predicted octanol–water partition coefficient (Wildman–Crippen LogP) is 6.36. The van der Waals surface area contributed by atoms with Crippen LogP contribution >= 0.6 is 22.9 Å². The highest BCUT2D eigenvalue weighted by atomic mass is 35.5. The van der Waals surface area contributed by atoms with E-state index in [0.29, 0.717) is 11.2 Å². The molecule has 0 N–H and O–H groups in total. The summed E-state index contributed by atoms with van der Waals surface area (Å²) in [6.45, 7) is 12.6. The number of rotatable bonds is 6. The van der Waals surface area contributed by atoms with Gasteiger partial charge in [-0.2, -0.15) is 0 Å². The Balaban J connectivity index is 2.03. The molecule has 1 aliphatic carbocycles. The maximum absolute atomic E-state index is 6.43. The van der Waals surface area contributed by atoms with Crippen LogP contribution in [0.15, 0.2) is 18.7 Å². The molecule has 0 fully saturated rings. The highest BCUT2D eigenvalue weighted by molar-refractivity contribution is 7.11. The van der Waals surface area contributed by atoms with Gasteiger partial charge in [0.05, 0.1) is 23.0 Å². The molecule has 1 atom stereocenters. The SMILES string of the molecule is C=CCCc1sc(C2CC=Cc3c2nc(Cl)n3C(C)C)nc1C(C)C. The summed E-state index contributed by atoms with van der Waals surface area (Å²) in [4.78, 5) is 11.1. The average Bonchev–Trinajstić information content (AvgIpc) is 3.12. The molecule has 0 bridgehead atoms. The van der Waals surface area contributed by atoms with E-state index in [2.05, 4.69) is 51.0 Å². The minimum Gasteiger partial charge on any atom is -0.312 e. The number of imidazole rings is 1. The molecule has 1 aliphatic rings. The lowest BCUT2D eigenvalue weighted by Crippen LogP contribution is -2.09. The highest BCUT2D eigenvalue weighted by Crippen LogP contribution is 2.40. The van der Waals surface area contributed by atoms with Gasteiger partial charge in [-0.25, -0.2) is 9.97 Å². The predicted molar refractivity (Wildman–Crippen MR) is 108 cm³/mol. The van der Waals surface area contributed by atoms with E-state index < -0.39 is 0 Å². The lowest BCUT2D eigenvalue weighted by Gasteiger charge is -2.18. The van der Waals surface area contributed by atoms with Crippen LogP contribution in [0.5, 0.6) is 0 Å². The zero-order chi connectivity index (χ0) is 18.1. The van der Waals surface area contributed by atoms with E-state index in [4.69, 9.17) is 21.6 Å². The molecule has 0 saturated heterocycles. The van der Waals surface area contributed by atoms with E-state index in [1.54, 1.807) is 0 Å². The first-order valence-corrected chi connectivity index (χ1v) is 10.2. The summed E-state index contributed by atoms with van der Waals surface area (Å²) in [5.41, 5.74) is 3.43. The monoisotopic (exact) mass is 375 g/mol. The maximum atomic E-state index is 6.43. The molecule has 0 aliphatic heterocycles. The smallest absolute Gasteiger partial charge is 0.203 e. The quantitative estimate of drug-likeness (QED) is 0.549. The summed E-state index contributed by atoms with van der Waals surface area (Å²) in [5, 5.41) is 1.74. The summed E-state index contributed by atoms with van der Waals surface area (Å²) < 4.78 is 2.11. The van der Waals surface area contributed by atoms with Gasteiger partial charge in [-0.15, -0.1) is 17.9 Å². The summed E-state index contributed by atoms with van der Waals surface area (Å²) >= 11 is 8.26. The number of aromatic nitrogens is 3. The lowest BCUT2D eigenvalue weighted by molar-refractivity contribution is 0.593. The fraction of sp³-hybridized carbons (Fsp3) is 0.500. The van der Waals surface area contributed by atoms with Crippen molar-refractivity contribution in [2.24, 2.45) is 0 Å². The number of allylic oxidation sites excluding steroid dienone is 2. The molecule has 0 spiro atoms.